The molecule has 1 aliphatic heterocycles. The Balaban J connectivity index is 1.79. The number of carbonyl (C=O) groups excluding carboxylic acids is 1. The van der Waals surface area contributed by atoms with Crippen molar-refractivity contribution < 1.29 is 4.79 Å². The molecule has 0 amide bonds. The highest BCUT2D eigenvalue weighted by molar-refractivity contribution is 5.95. The molecule has 118 valence electrons. The normalized spacial score (nSPS) is 14.6. The summed E-state index contributed by atoms with van der Waals surface area (Å²) in [6.45, 7) is 6.01. The first kappa shape index (κ1) is 15.5. The van der Waals surface area contributed by atoms with Gasteiger partial charge in [-0.15, -0.1) is 0 Å². The largest absolute Gasteiger partial charge is 0.372 e. The quantitative estimate of drug-likeness (QED) is 0.613. The lowest BCUT2D eigenvalue weighted by molar-refractivity contribution is 0.101. The predicted octanol–water partition coefficient (Wildman–Crippen LogP) is 4.55. The van der Waals surface area contributed by atoms with Crippen LogP contribution in [0.2, 0.25) is 0 Å². The van der Waals surface area contributed by atoms with E-state index in [4.69, 9.17) is 0 Å². The molecule has 0 N–H and O–H groups in total. The second kappa shape index (κ2) is 6.78. The maximum Gasteiger partial charge on any atom is 0.159 e. The van der Waals surface area contributed by atoms with E-state index in [0.29, 0.717) is 5.56 Å². The molecular weight excluding hydrogens is 284 g/mol. The maximum atomic E-state index is 11.4. The van der Waals surface area contributed by atoms with Gasteiger partial charge in [-0.3, -0.25) is 9.79 Å². The second-order valence-electron chi connectivity index (χ2n) is 6.10. The van der Waals surface area contributed by atoms with E-state index in [1.54, 1.807) is 6.92 Å². The molecule has 3 rings (SSSR count). The molecule has 3 nitrogen and oxygen atoms in total. The highest BCUT2D eigenvalue weighted by Crippen LogP contribution is 2.23. The lowest BCUT2D eigenvalue weighted by atomic mass is 10.1. The summed E-state index contributed by atoms with van der Waals surface area (Å²) in [7, 11) is 0. The molecule has 2 aromatic rings. The molecule has 0 saturated carbocycles. The van der Waals surface area contributed by atoms with Crippen LogP contribution < -0.4 is 4.90 Å². The summed E-state index contributed by atoms with van der Waals surface area (Å²) in [4.78, 5) is 18.4. The number of benzene rings is 2. The summed E-state index contributed by atoms with van der Waals surface area (Å²) < 4.78 is 0. The van der Waals surface area contributed by atoms with E-state index in [-0.39, 0.29) is 5.78 Å². The Morgan fingerprint density at radius 1 is 1.13 bits per heavy atom. The van der Waals surface area contributed by atoms with Gasteiger partial charge in [-0.25, -0.2) is 0 Å². The van der Waals surface area contributed by atoms with Crippen LogP contribution in [-0.4, -0.2) is 25.1 Å². The first-order valence-corrected chi connectivity index (χ1v) is 8.14. The summed E-state index contributed by atoms with van der Waals surface area (Å²) in [5.74, 6) is 0.0631. The van der Waals surface area contributed by atoms with Gasteiger partial charge in [0.25, 0.3) is 0 Å². The van der Waals surface area contributed by atoms with Crippen LogP contribution in [0.25, 0.3) is 0 Å². The van der Waals surface area contributed by atoms with Crippen LogP contribution in [0.1, 0.15) is 41.3 Å². The van der Waals surface area contributed by atoms with Gasteiger partial charge in [-0.2, -0.15) is 0 Å². The minimum absolute atomic E-state index is 0.0631. The number of aryl methyl sites for hydroxylation is 1. The number of anilines is 1. The van der Waals surface area contributed by atoms with Gasteiger partial charge in [0, 0.05) is 30.6 Å². The number of ketones is 1. The van der Waals surface area contributed by atoms with Crippen molar-refractivity contribution in [3.8, 4) is 0 Å². The molecule has 0 unspecified atom stereocenters. The maximum absolute atomic E-state index is 11.4. The molecular formula is C20H22N2O. The van der Waals surface area contributed by atoms with Crippen molar-refractivity contribution in [1.29, 1.82) is 0 Å². The third-order valence-corrected chi connectivity index (χ3v) is 4.33. The van der Waals surface area contributed by atoms with Crippen molar-refractivity contribution in [2.45, 2.75) is 26.7 Å². The van der Waals surface area contributed by atoms with Gasteiger partial charge in [0.15, 0.2) is 5.78 Å². The zero-order valence-corrected chi connectivity index (χ0v) is 13.7. The van der Waals surface area contributed by atoms with Crippen LogP contribution in [0.4, 0.5) is 11.4 Å². The zero-order valence-electron chi connectivity index (χ0n) is 13.7. The number of Topliss-reactive ketones (excluding diaryl/α,β-unsaturated/α-hetero) is 1. The van der Waals surface area contributed by atoms with Crippen molar-refractivity contribution in [1.82, 2.24) is 0 Å². The Bertz CT molecular complexity index is 743. The Hall–Kier alpha value is -2.42. The fourth-order valence-electron chi connectivity index (χ4n) is 2.93. The van der Waals surface area contributed by atoms with E-state index in [1.165, 1.54) is 24.1 Å². The molecule has 23 heavy (non-hydrogen) atoms. The molecule has 0 bridgehead atoms. The van der Waals surface area contributed by atoms with Gasteiger partial charge < -0.3 is 4.90 Å². The minimum Gasteiger partial charge on any atom is -0.372 e. The van der Waals surface area contributed by atoms with E-state index in [0.717, 1.165) is 24.3 Å². The van der Waals surface area contributed by atoms with Crippen LogP contribution in [0.3, 0.4) is 0 Å². The van der Waals surface area contributed by atoms with Crippen molar-refractivity contribution >= 4 is 23.4 Å². The molecule has 0 spiro atoms. The van der Waals surface area contributed by atoms with Gasteiger partial charge in [-0.1, -0.05) is 18.2 Å². The van der Waals surface area contributed by atoms with Crippen LogP contribution >= 0.6 is 0 Å². The van der Waals surface area contributed by atoms with Crippen LogP contribution in [-0.2, 0) is 0 Å². The van der Waals surface area contributed by atoms with E-state index in [2.05, 4.69) is 35.0 Å². The van der Waals surface area contributed by atoms with Crippen molar-refractivity contribution in [3.63, 3.8) is 0 Å². The lowest BCUT2D eigenvalue weighted by Crippen LogP contribution is -2.17. The third kappa shape index (κ3) is 3.67. The molecule has 0 aromatic heterocycles. The Labute approximate surface area is 137 Å². The molecule has 2 aromatic carbocycles. The van der Waals surface area contributed by atoms with Gasteiger partial charge in [-0.05, 0) is 62.1 Å². The summed E-state index contributed by atoms with van der Waals surface area (Å²) in [6, 6.07) is 14.0. The summed E-state index contributed by atoms with van der Waals surface area (Å²) in [5.41, 5.74) is 5.14. The van der Waals surface area contributed by atoms with E-state index < -0.39 is 0 Å². The predicted molar refractivity (Wildman–Crippen MR) is 96.3 cm³/mol. The first-order chi connectivity index (χ1) is 11.1. The van der Waals surface area contributed by atoms with Crippen molar-refractivity contribution in [2.24, 2.45) is 4.99 Å². The summed E-state index contributed by atoms with van der Waals surface area (Å²) in [6.07, 6.45) is 4.45. The van der Waals surface area contributed by atoms with Gasteiger partial charge in [0.1, 0.15) is 0 Å². The smallest absolute Gasteiger partial charge is 0.159 e. The van der Waals surface area contributed by atoms with E-state index >= 15 is 0 Å². The zero-order chi connectivity index (χ0) is 16.2. The number of aliphatic imine (C=N–C) groups is 1. The SMILES string of the molecule is CC(=O)c1cccc(N=Cc2ccc(N3CCCC3)cc2C)c1. The fraction of sp³-hybridized carbons (Fsp3) is 0.300. The Kier molecular flexibility index (Phi) is 4.56. The number of hydrogen-bond donors (Lipinski definition) is 0. The van der Waals surface area contributed by atoms with Gasteiger partial charge in [0.2, 0.25) is 0 Å². The number of rotatable bonds is 4. The summed E-state index contributed by atoms with van der Waals surface area (Å²) in [5, 5.41) is 0. The molecule has 1 fully saturated rings. The molecule has 1 heterocycles. The monoisotopic (exact) mass is 306 g/mol. The molecule has 3 heteroatoms. The fourth-order valence-corrected chi connectivity index (χ4v) is 2.93. The standard InChI is InChI=1S/C20H22N2O/c1-15-12-20(22-10-3-4-11-22)9-8-18(15)14-21-19-7-5-6-17(13-19)16(2)23/h5-9,12-14H,3-4,10-11H2,1-2H3. The van der Waals surface area contributed by atoms with Crippen LogP contribution in [0.5, 0.6) is 0 Å². The van der Waals surface area contributed by atoms with E-state index in [9.17, 15) is 4.79 Å². The number of nitrogens with zero attached hydrogens (tertiary/aromatic N) is 2. The average molecular weight is 306 g/mol. The molecule has 0 atom stereocenters. The van der Waals surface area contributed by atoms with Crippen molar-refractivity contribution in [2.75, 3.05) is 18.0 Å². The summed E-state index contributed by atoms with van der Waals surface area (Å²) >= 11 is 0. The minimum atomic E-state index is 0.0631. The van der Waals surface area contributed by atoms with Gasteiger partial charge in [0.05, 0.1) is 5.69 Å². The Morgan fingerprint density at radius 3 is 2.61 bits per heavy atom. The van der Waals surface area contributed by atoms with Crippen LogP contribution in [0.15, 0.2) is 47.5 Å². The molecule has 1 aliphatic rings. The highest BCUT2D eigenvalue weighted by atomic mass is 16.1. The number of hydrogen-bond acceptors (Lipinski definition) is 3. The molecule has 0 aliphatic carbocycles. The van der Waals surface area contributed by atoms with Crippen LogP contribution in [0, 0.1) is 6.92 Å². The molecule has 1 saturated heterocycles. The first-order valence-electron chi connectivity index (χ1n) is 8.14. The highest BCUT2D eigenvalue weighted by Gasteiger charge is 2.12. The van der Waals surface area contributed by atoms with E-state index in [1.807, 2.05) is 30.5 Å². The van der Waals surface area contributed by atoms with Gasteiger partial charge >= 0.3 is 0 Å². The third-order valence-electron chi connectivity index (χ3n) is 4.33. The number of carbonyl (C=O) groups is 1. The molecule has 0 radical (unpaired) electrons. The van der Waals surface area contributed by atoms with Crippen molar-refractivity contribution in [3.05, 3.63) is 59.2 Å². The second-order valence-corrected chi connectivity index (χ2v) is 6.10. The topological polar surface area (TPSA) is 32.7 Å². The average Bonchev–Trinajstić information content (AvgIpc) is 3.08. The lowest BCUT2D eigenvalue weighted by Gasteiger charge is -2.18. The Morgan fingerprint density at radius 2 is 1.91 bits per heavy atom.